The number of hydrogen-bond acceptors (Lipinski definition) is 3. The van der Waals surface area contributed by atoms with Crippen molar-refractivity contribution in [2.75, 3.05) is 25.7 Å². The number of ether oxygens (including phenoxy) is 2. The molecule has 0 aliphatic carbocycles. The first-order chi connectivity index (χ1) is 7.81. The van der Waals surface area contributed by atoms with Crippen LogP contribution in [0, 0.1) is 0 Å². The summed E-state index contributed by atoms with van der Waals surface area (Å²) in [4.78, 5) is 11.0. The normalized spacial score (nSPS) is 10.4. The van der Waals surface area contributed by atoms with Gasteiger partial charge in [0.1, 0.15) is 6.61 Å². The number of carbonyl (C=O) groups excluding carboxylic acids is 1. The Kier molecular flexibility index (Phi) is 12.6. The topological polar surface area (TPSA) is 35.5 Å². The van der Waals surface area contributed by atoms with Crippen LogP contribution in [0.25, 0.3) is 0 Å². The third-order valence-corrected chi connectivity index (χ3v) is 2.38. The van der Waals surface area contributed by atoms with E-state index in [9.17, 15) is 4.79 Å². The largest absolute Gasteiger partial charge is 0.463 e. The van der Waals surface area contributed by atoms with Crippen molar-refractivity contribution in [3.63, 3.8) is 0 Å². The molecule has 3 nitrogen and oxygen atoms in total. The predicted octanol–water partition coefficient (Wildman–Crippen LogP) is 3.15. The van der Waals surface area contributed by atoms with Gasteiger partial charge in [0.05, 0.1) is 6.61 Å². The summed E-state index contributed by atoms with van der Waals surface area (Å²) in [5, 5.41) is 0. The SMILES string of the molecule is CCCC(=O)OCCOCCCCCCCl. The van der Waals surface area contributed by atoms with Gasteiger partial charge in [-0.1, -0.05) is 19.8 Å². The highest BCUT2D eigenvalue weighted by molar-refractivity contribution is 6.17. The van der Waals surface area contributed by atoms with Gasteiger partial charge in [0.25, 0.3) is 0 Å². The summed E-state index contributed by atoms with van der Waals surface area (Å²) in [6, 6.07) is 0. The van der Waals surface area contributed by atoms with Crippen molar-refractivity contribution in [3.05, 3.63) is 0 Å². The van der Waals surface area contributed by atoms with Crippen molar-refractivity contribution < 1.29 is 14.3 Å². The molecule has 0 unspecified atom stereocenters. The van der Waals surface area contributed by atoms with Crippen LogP contribution < -0.4 is 0 Å². The molecule has 0 rings (SSSR count). The molecule has 0 amide bonds. The smallest absolute Gasteiger partial charge is 0.305 e. The van der Waals surface area contributed by atoms with Gasteiger partial charge in [-0.15, -0.1) is 11.6 Å². The molecule has 0 aromatic heterocycles. The van der Waals surface area contributed by atoms with E-state index in [1.165, 1.54) is 6.42 Å². The minimum atomic E-state index is -0.131. The lowest BCUT2D eigenvalue weighted by molar-refractivity contribution is -0.145. The van der Waals surface area contributed by atoms with Gasteiger partial charge in [-0.3, -0.25) is 4.79 Å². The van der Waals surface area contributed by atoms with E-state index in [1.54, 1.807) is 0 Å². The maximum Gasteiger partial charge on any atom is 0.305 e. The van der Waals surface area contributed by atoms with Crippen molar-refractivity contribution in [1.29, 1.82) is 0 Å². The second kappa shape index (κ2) is 12.8. The Balaban J connectivity index is 3.01. The fourth-order valence-electron chi connectivity index (χ4n) is 1.24. The first kappa shape index (κ1) is 15.7. The zero-order chi connectivity index (χ0) is 12.1. The standard InChI is InChI=1S/C12H23ClO3/c1-2-7-12(14)16-11-10-15-9-6-4-3-5-8-13/h2-11H2,1H3. The Morgan fingerprint density at radius 1 is 1.06 bits per heavy atom. The molecule has 0 aliphatic heterocycles. The molecule has 0 saturated carbocycles. The fraction of sp³-hybridized carbons (Fsp3) is 0.917. The summed E-state index contributed by atoms with van der Waals surface area (Å²) in [5.74, 6) is 0.613. The third kappa shape index (κ3) is 11.8. The van der Waals surface area contributed by atoms with Crippen molar-refractivity contribution in [3.8, 4) is 0 Å². The zero-order valence-electron chi connectivity index (χ0n) is 10.2. The van der Waals surface area contributed by atoms with Crippen LogP contribution >= 0.6 is 11.6 Å². The number of esters is 1. The summed E-state index contributed by atoms with van der Waals surface area (Å²) in [5.41, 5.74) is 0. The Morgan fingerprint density at radius 3 is 2.50 bits per heavy atom. The second-order valence-corrected chi connectivity index (χ2v) is 4.06. The fourth-order valence-corrected chi connectivity index (χ4v) is 1.43. The molecule has 0 aromatic rings. The van der Waals surface area contributed by atoms with E-state index >= 15 is 0 Å². The highest BCUT2D eigenvalue weighted by Gasteiger charge is 1.99. The van der Waals surface area contributed by atoms with Crippen molar-refractivity contribution in [2.45, 2.75) is 45.4 Å². The number of rotatable bonds is 11. The molecular formula is C12H23ClO3. The van der Waals surface area contributed by atoms with E-state index in [0.29, 0.717) is 19.6 Å². The van der Waals surface area contributed by atoms with Crippen molar-refractivity contribution in [2.24, 2.45) is 0 Å². The van der Waals surface area contributed by atoms with Gasteiger partial charge in [-0.25, -0.2) is 0 Å². The van der Waals surface area contributed by atoms with Gasteiger partial charge in [-0.05, 0) is 19.3 Å². The maximum absolute atomic E-state index is 11.0. The monoisotopic (exact) mass is 250 g/mol. The maximum atomic E-state index is 11.0. The molecule has 0 aromatic carbocycles. The van der Waals surface area contributed by atoms with Crippen LogP contribution in [0.3, 0.4) is 0 Å². The highest BCUT2D eigenvalue weighted by Crippen LogP contribution is 2.01. The highest BCUT2D eigenvalue weighted by atomic mass is 35.5. The Bertz CT molecular complexity index is 162. The minimum absolute atomic E-state index is 0.131. The zero-order valence-corrected chi connectivity index (χ0v) is 10.9. The number of alkyl halides is 1. The Labute approximate surface area is 103 Å². The summed E-state index contributed by atoms with van der Waals surface area (Å²) in [7, 11) is 0. The number of carbonyl (C=O) groups is 1. The van der Waals surface area contributed by atoms with Crippen LogP contribution in [0.4, 0.5) is 0 Å². The predicted molar refractivity (Wildman–Crippen MR) is 65.9 cm³/mol. The molecule has 0 atom stereocenters. The van der Waals surface area contributed by atoms with Crippen molar-refractivity contribution >= 4 is 17.6 Å². The van der Waals surface area contributed by atoms with Crippen LogP contribution in [0.5, 0.6) is 0 Å². The van der Waals surface area contributed by atoms with Crippen molar-refractivity contribution in [1.82, 2.24) is 0 Å². The van der Waals surface area contributed by atoms with Gasteiger partial charge in [0.15, 0.2) is 0 Å². The quantitative estimate of drug-likeness (QED) is 0.321. The van der Waals surface area contributed by atoms with Gasteiger partial charge >= 0.3 is 5.97 Å². The summed E-state index contributed by atoms with van der Waals surface area (Å²) in [6.45, 7) is 3.58. The number of hydrogen-bond donors (Lipinski definition) is 0. The first-order valence-corrected chi connectivity index (χ1v) is 6.64. The number of unbranched alkanes of at least 4 members (excludes halogenated alkanes) is 3. The molecule has 0 N–H and O–H groups in total. The molecule has 0 aliphatic rings. The van der Waals surface area contributed by atoms with Crippen LogP contribution in [0.2, 0.25) is 0 Å². The second-order valence-electron chi connectivity index (χ2n) is 3.69. The van der Waals surface area contributed by atoms with Gasteiger partial charge in [0.2, 0.25) is 0 Å². The molecule has 0 bridgehead atoms. The molecule has 0 radical (unpaired) electrons. The molecule has 0 heterocycles. The van der Waals surface area contributed by atoms with E-state index in [-0.39, 0.29) is 5.97 Å². The summed E-state index contributed by atoms with van der Waals surface area (Å²) < 4.78 is 10.3. The van der Waals surface area contributed by atoms with E-state index in [1.807, 2.05) is 6.92 Å². The first-order valence-electron chi connectivity index (χ1n) is 6.10. The molecule has 0 spiro atoms. The van der Waals surface area contributed by atoms with Crippen LogP contribution in [-0.2, 0) is 14.3 Å². The molecule has 4 heteroatoms. The lowest BCUT2D eigenvalue weighted by atomic mass is 10.2. The van der Waals surface area contributed by atoms with Crippen LogP contribution in [0.1, 0.15) is 45.4 Å². The number of halogens is 1. The Hall–Kier alpha value is -0.280. The average molecular weight is 251 g/mol. The minimum Gasteiger partial charge on any atom is -0.463 e. The van der Waals surface area contributed by atoms with E-state index in [4.69, 9.17) is 21.1 Å². The van der Waals surface area contributed by atoms with Crippen LogP contribution in [-0.4, -0.2) is 31.7 Å². The van der Waals surface area contributed by atoms with Gasteiger partial charge in [-0.2, -0.15) is 0 Å². The Morgan fingerprint density at radius 2 is 1.81 bits per heavy atom. The average Bonchev–Trinajstić information content (AvgIpc) is 2.27. The summed E-state index contributed by atoms with van der Waals surface area (Å²) >= 11 is 5.56. The lowest BCUT2D eigenvalue weighted by Crippen LogP contribution is -2.10. The molecule has 0 fully saturated rings. The van der Waals surface area contributed by atoms with E-state index in [0.717, 1.165) is 38.2 Å². The van der Waals surface area contributed by atoms with Gasteiger partial charge < -0.3 is 9.47 Å². The lowest BCUT2D eigenvalue weighted by Gasteiger charge is -2.05. The molecule has 96 valence electrons. The van der Waals surface area contributed by atoms with Gasteiger partial charge in [0, 0.05) is 18.9 Å². The molecule has 16 heavy (non-hydrogen) atoms. The third-order valence-electron chi connectivity index (χ3n) is 2.12. The molecule has 0 saturated heterocycles. The van der Waals surface area contributed by atoms with Crippen LogP contribution in [0.15, 0.2) is 0 Å². The van der Waals surface area contributed by atoms with E-state index < -0.39 is 0 Å². The van der Waals surface area contributed by atoms with E-state index in [2.05, 4.69) is 0 Å². The molecular weight excluding hydrogens is 228 g/mol. The summed E-state index contributed by atoms with van der Waals surface area (Å²) in [6.07, 6.45) is 5.79.